The van der Waals surface area contributed by atoms with Crippen LogP contribution in [0.3, 0.4) is 0 Å². The van der Waals surface area contributed by atoms with Crippen LogP contribution in [0.2, 0.25) is 0 Å². The van der Waals surface area contributed by atoms with Gasteiger partial charge >= 0.3 is 0 Å². The molecule has 1 saturated carbocycles. The van der Waals surface area contributed by atoms with Crippen LogP contribution in [0.25, 0.3) is 0 Å². The molecule has 1 aliphatic rings. The van der Waals surface area contributed by atoms with Crippen molar-refractivity contribution in [3.63, 3.8) is 0 Å². The van der Waals surface area contributed by atoms with E-state index in [1.807, 2.05) is 0 Å². The Morgan fingerprint density at radius 2 is 2.00 bits per heavy atom. The Morgan fingerprint density at radius 1 is 1.29 bits per heavy atom. The van der Waals surface area contributed by atoms with Crippen molar-refractivity contribution in [2.24, 2.45) is 10.9 Å². The largest absolute Gasteiger partial charge is 0.383 e. The van der Waals surface area contributed by atoms with Crippen molar-refractivity contribution in [2.75, 3.05) is 26.8 Å². The van der Waals surface area contributed by atoms with E-state index in [1.54, 1.807) is 7.11 Å². The fourth-order valence-electron chi connectivity index (χ4n) is 2.17. The molecule has 0 aliphatic heterocycles. The number of aliphatic imine (C=N–C) groups is 1. The van der Waals surface area contributed by atoms with Gasteiger partial charge in [0.05, 0.1) is 13.2 Å². The maximum absolute atomic E-state index is 5.01. The molecule has 0 heterocycles. The molecule has 17 heavy (non-hydrogen) atoms. The van der Waals surface area contributed by atoms with Crippen molar-refractivity contribution in [2.45, 2.75) is 45.6 Å². The average molecular weight is 241 g/mol. The molecule has 2 N–H and O–H groups in total. The monoisotopic (exact) mass is 241 g/mol. The first-order valence-corrected chi connectivity index (χ1v) is 6.80. The molecule has 0 unspecified atom stereocenters. The predicted molar refractivity (Wildman–Crippen MR) is 72.4 cm³/mol. The smallest absolute Gasteiger partial charge is 0.191 e. The number of ether oxygens (including phenoxy) is 1. The minimum atomic E-state index is 0.589. The first-order valence-electron chi connectivity index (χ1n) is 6.80. The van der Waals surface area contributed by atoms with E-state index < -0.39 is 0 Å². The molecule has 4 nitrogen and oxygen atoms in total. The number of hydrogen-bond acceptors (Lipinski definition) is 2. The number of hydrogen-bond donors (Lipinski definition) is 2. The van der Waals surface area contributed by atoms with Crippen molar-refractivity contribution in [3.8, 4) is 0 Å². The van der Waals surface area contributed by atoms with Gasteiger partial charge in [-0.15, -0.1) is 0 Å². The van der Waals surface area contributed by atoms with Gasteiger partial charge in [-0.25, -0.2) is 0 Å². The molecule has 0 aromatic heterocycles. The minimum Gasteiger partial charge on any atom is -0.383 e. The van der Waals surface area contributed by atoms with Crippen molar-refractivity contribution < 1.29 is 4.74 Å². The van der Waals surface area contributed by atoms with E-state index in [0.29, 0.717) is 12.6 Å². The summed E-state index contributed by atoms with van der Waals surface area (Å²) in [6.07, 6.45) is 5.18. The van der Waals surface area contributed by atoms with Gasteiger partial charge in [-0.05, 0) is 38.5 Å². The summed E-state index contributed by atoms with van der Waals surface area (Å²) in [5, 5.41) is 6.80. The summed E-state index contributed by atoms with van der Waals surface area (Å²) < 4.78 is 5.01. The summed E-state index contributed by atoms with van der Waals surface area (Å²) in [5.41, 5.74) is 0. The molecule has 4 heteroatoms. The van der Waals surface area contributed by atoms with Crippen LogP contribution in [-0.4, -0.2) is 38.8 Å². The highest BCUT2D eigenvalue weighted by Crippen LogP contribution is 2.23. The molecule has 0 spiro atoms. The lowest BCUT2D eigenvalue weighted by atomic mass is 9.87. The number of guanidine groups is 1. The number of nitrogens with zero attached hydrogens (tertiary/aromatic N) is 1. The summed E-state index contributed by atoms with van der Waals surface area (Å²) in [4.78, 5) is 4.49. The average Bonchev–Trinajstić information content (AvgIpc) is 2.32. The van der Waals surface area contributed by atoms with Crippen molar-refractivity contribution >= 4 is 5.96 Å². The van der Waals surface area contributed by atoms with Crippen molar-refractivity contribution in [1.29, 1.82) is 0 Å². The highest BCUT2D eigenvalue weighted by atomic mass is 16.5. The van der Waals surface area contributed by atoms with Crippen molar-refractivity contribution in [1.82, 2.24) is 10.6 Å². The first-order chi connectivity index (χ1) is 8.26. The summed E-state index contributed by atoms with van der Waals surface area (Å²) in [7, 11) is 1.71. The third kappa shape index (κ3) is 5.91. The topological polar surface area (TPSA) is 45.7 Å². The van der Waals surface area contributed by atoms with Crippen LogP contribution in [0.15, 0.2) is 4.99 Å². The Kier molecular flexibility index (Phi) is 7.01. The Morgan fingerprint density at radius 3 is 2.59 bits per heavy atom. The lowest BCUT2D eigenvalue weighted by molar-refractivity contribution is 0.207. The van der Waals surface area contributed by atoms with E-state index in [0.717, 1.165) is 25.0 Å². The molecular formula is C13H27N3O. The van der Waals surface area contributed by atoms with Gasteiger partial charge in [-0.3, -0.25) is 4.99 Å². The van der Waals surface area contributed by atoms with E-state index in [4.69, 9.17) is 4.74 Å². The zero-order valence-corrected chi connectivity index (χ0v) is 11.5. The zero-order valence-electron chi connectivity index (χ0n) is 11.5. The molecule has 0 bridgehead atoms. The maximum atomic E-state index is 5.01. The molecule has 1 fully saturated rings. The Labute approximate surface area is 105 Å². The van der Waals surface area contributed by atoms with Gasteiger partial charge in [0, 0.05) is 19.7 Å². The van der Waals surface area contributed by atoms with Crippen LogP contribution >= 0.6 is 0 Å². The quantitative estimate of drug-likeness (QED) is 0.438. The molecule has 0 amide bonds. The molecule has 100 valence electrons. The lowest BCUT2D eigenvalue weighted by Crippen LogP contribution is -2.44. The molecule has 1 rings (SSSR count). The number of nitrogens with one attached hydrogen (secondary N) is 2. The van der Waals surface area contributed by atoms with E-state index in [1.165, 1.54) is 25.7 Å². The van der Waals surface area contributed by atoms with E-state index in [2.05, 4.69) is 29.5 Å². The summed E-state index contributed by atoms with van der Waals surface area (Å²) >= 11 is 0. The molecule has 0 saturated heterocycles. The second-order valence-electron chi connectivity index (χ2n) is 4.85. The van der Waals surface area contributed by atoms with Gasteiger partial charge in [0.1, 0.15) is 0 Å². The van der Waals surface area contributed by atoms with Gasteiger partial charge in [-0.2, -0.15) is 0 Å². The molecular weight excluding hydrogens is 214 g/mol. The summed E-state index contributed by atoms with van der Waals surface area (Å²) in [5.74, 6) is 1.82. The second kappa shape index (κ2) is 8.34. The molecule has 1 aliphatic carbocycles. The second-order valence-corrected chi connectivity index (χ2v) is 4.85. The SMILES string of the molecule is CCNC(=NCCOC)NC1CCC(C)CC1. The summed E-state index contributed by atoms with van der Waals surface area (Å²) in [6.45, 7) is 6.74. The molecule has 0 aromatic rings. The van der Waals surface area contributed by atoms with Gasteiger partial charge in [0.2, 0.25) is 0 Å². The van der Waals surface area contributed by atoms with Crippen LogP contribution in [-0.2, 0) is 4.74 Å². The van der Waals surface area contributed by atoms with Gasteiger partial charge in [-0.1, -0.05) is 6.92 Å². The van der Waals surface area contributed by atoms with Gasteiger partial charge in [0.25, 0.3) is 0 Å². The third-order valence-corrected chi connectivity index (χ3v) is 3.27. The number of rotatable bonds is 5. The van der Waals surface area contributed by atoms with Crippen LogP contribution in [0.5, 0.6) is 0 Å². The molecule has 0 atom stereocenters. The third-order valence-electron chi connectivity index (χ3n) is 3.27. The van der Waals surface area contributed by atoms with Crippen molar-refractivity contribution in [3.05, 3.63) is 0 Å². The molecule has 0 radical (unpaired) electrons. The predicted octanol–water partition coefficient (Wildman–Crippen LogP) is 1.77. The summed E-state index contributed by atoms with van der Waals surface area (Å²) in [6, 6.07) is 0.589. The normalized spacial score (nSPS) is 25.7. The Bertz CT molecular complexity index is 223. The Hall–Kier alpha value is -0.770. The highest BCUT2D eigenvalue weighted by molar-refractivity contribution is 5.80. The van der Waals surface area contributed by atoms with Crippen LogP contribution in [0.1, 0.15) is 39.5 Å². The molecule has 0 aromatic carbocycles. The van der Waals surface area contributed by atoms with Gasteiger partial charge < -0.3 is 15.4 Å². The van der Waals surface area contributed by atoms with Gasteiger partial charge in [0.15, 0.2) is 5.96 Å². The highest BCUT2D eigenvalue weighted by Gasteiger charge is 2.18. The zero-order chi connectivity index (χ0) is 12.5. The fourth-order valence-corrected chi connectivity index (χ4v) is 2.17. The fraction of sp³-hybridized carbons (Fsp3) is 0.923. The number of methoxy groups -OCH3 is 1. The van der Waals surface area contributed by atoms with Crippen LogP contribution < -0.4 is 10.6 Å². The maximum Gasteiger partial charge on any atom is 0.191 e. The van der Waals surface area contributed by atoms with Crippen LogP contribution in [0, 0.1) is 5.92 Å². The first kappa shape index (κ1) is 14.3. The van der Waals surface area contributed by atoms with E-state index >= 15 is 0 Å². The Balaban J connectivity index is 2.34. The van der Waals surface area contributed by atoms with E-state index in [-0.39, 0.29) is 0 Å². The van der Waals surface area contributed by atoms with Crippen LogP contribution in [0.4, 0.5) is 0 Å². The standard InChI is InChI=1S/C13H27N3O/c1-4-14-13(15-9-10-17-3)16-12-7-5-11(2)6-8-12/h11-12H,4-10H2,1-3H3,(H2,14,15,16). The lowest BCUT2D eigenvalue weighted by Gasteiger charge is -2.28. The minimum absolute atomic E-state index is 0.589. The van der Waals surface area contributed by atoms with E-state index in [9.17, 15) is 0 Å².